The number of carbonyl (C=O) groups is 17. The fraction of sp³-hybridized carbons (Fsp3) is 0.523. The quantitative estimate of drug-likeness (QED) is 0.0234. The highest BCUT2D eigenvalue weighted by molar-refractivity contribution is 7.80. The average Bonchev–Trinajstić information content (AvgIpc) is 1.60. The van der Waals surface area contributed by atoms with Crippen molar-refractivity contribution in [3.05, 3.63) is 65.9 Å². The number of amides is 16. The van der Waals surface area contributed by atoms with E-state index in [1.807, 2.05) is 0 Å². The standard InChI is InChI=1S/C65H93N17O20S2/c1-31(2)11-16-39(56(93)73-42(19-22-53(90)91)57(94)79-45(26-51(68)88)55(92)71-28-52(69)89)74-61(98)44(25-35-27-70-38-9-6-5-8-37(35)38)78-60(97)43(24-34-12-14-36(85)15-13-34)77-63(100)47(30-104)80-58(95)40(17-20-49(66)86)76-64(101)48-10-7-23-82(48)65(102)54(32(3)83)81-59(96)41(18-21-50(67)87)75-62(99)46(29-103)72-33(4)84/h5-6,8-9,12-15,27,31-32,39-48,54,70,83,85,103-104H,7,10-11,16-26,28-30H2,1-4H3,(H2,66,86)(H2,67,87)(H2,68,88)(H2,69,89)(H,71,92)(H,72,84)(H,73,93)(H,74,98)(H,75,99)(H,76,101)(H,77,100)(H,78,97)(H,79,94)(H,80,95)(H,81,96)(H,90,91)/t32-,39+,40+,41+,42+,43+,44+,45+,46+,47+,48+,54+/m1/s1. The molecule has 1 aromatic heterocycles. The van der Waals surface area contributed by atoms with Gasteiger partial charge < -0.3 is 107 Å². The van der Waals surface area contributed by atoms with Crippen LogP contribution in [0.25, 0.3) is 10.9 Å². The molecule has 0 aliphatic carbocycles. The molecule has 0 unspecified atom stereocenters. The Labute approximate surface area is 608 Å². The molecule has 39 heteroatoms. The van der Waals surface area contributed by atoms with E-state index in [-0.39, 0.29) is 62.5 Å². The molecular formula is C65H93N17O20S2. The third kappa shape index (κ3) is 28.3. The highest BCUT2D eigenvalue weighted by Crippen LogP contribution is 2.23. The Kier molecular flexibility index (Phi) is 34.8. The monoisotopic (exact) mass is 1500 g/mol. The lowest BCUT2D eigenvalue weighted by Gasteiger charge is -2.32. The third-order valence-corrected chi connectivity index (χ3v) is 17.1. The second-order valence-corrected chi connectivity index (χ2v) is 26.0. The summed E-state index contributed by atoms with van der Waals surface area (Å²) >= 11 is 8.38. The van der Waals surface area contributed by atoms with Gasteiger partial charge in [0.05, 0.1) is 19.1 Å². The first-order valence-electron chi connectivity index (χ1n) is 33.2. The number of para-hydroxylation sites is 1. The number of fused-ring (bicyclic) bond motifs is 1. The van der Waals surface area contributed by atoms with Crippen molar-refractivity contribution in [3.63, 3.8) is 0 Å². The summed E-state index contributed by atoms with van der Waals surface area (Å²) in [5, 5.41) is 58.1. The third-order valence-electron chi connectivity index (χ3n) is 16.4. The molecule has 104 heavy (non-hydrogen) atoms. The van der Waals surface area contributed by atoms with Gasteiger partial charge in [-0.3, -0.25) is 81.5 Å². The van der Waals surface area contributed by atoms with Gasteiger partial charge in [-0.25, -0.2) is 0 Å². The maximum absolute atomic E-state index is 15.0. The Morgan fingerprint density at radius 1 is 0.529 bits per heavy atom. The molecule has 4 rings (SSSR count). The number of aliphatic carboxylic acids is 1. The zero-order valence-corrected chi connectivity index (χ0v) is 59.4. The number of nitrogens with one attached hydrogen (secondary N) is 12. The number of phenols is 1. The normalized spacial score (nSPS) is 15.7. The van der Waals surface area contributed by atoms with Crippen LogP contribution in [0.4, 0.5) is 0 Å². The molecule has 37 nitrogen and oxygen atoms in total. The molecule has 0 spiro atoms. The Morgan fingerprint density at radius 3 is 1.49 bits per heavy atom. The minimum absolute atomic E-state index is 0.0379. The summed E-state index contributed by atoms with van der Waals surface area (Å²) in [5.74, 6) is -18.3. The molecule has 3 aromatic rings. The van der Waals surface area contributed by atoms with Gasteiger partial charge in [0.25, 0.3) is 0 Å². The van der Waals surface area contributed by atoms with Gasteiger partial charge in [0, 0.05) is 74.2 Å². The largest absolute Gasteiger partial charge is 0.508 e. The zero-order chi connectivity index (χ0) is 77.7. The zero-order valence-electron chi connectivity index (χ0n) is 57.7. The number of likely N-dealkylation sites (tertiary alicyclic amines) is 1. The highest BCUT2D eigenvalue weighted by atomic mass is 32.1. The van der Waals surface area contributed by atoms with Crippen LogP contribution < -0.4 is 81.4 Å². The molecular weight excluding hydrogens is 1400 g/mol. The van der Waals surface area contributed by atoms with Crippen LogP contribution >= 0.6 is 25.3 Å². The van der Waals surface area contributed by atoms with Gasteiger partial charge >= 0.3 is 5.97 Å². The van der Waals surface area contributed by atoms with E-state index in [0.717, 1.165) is 18.7 Å². The number of carbonyl (C=O) groups excluding carboxylic acids is 16. The Balaban J connectivity index is 1.66. The molecule has 12 atom stereocenters. The maximum atomic E-state index is 15.0. The SMILES string of the molecule is CC(=O)N[C@@H](CS)C(=O)N[C@@H](CCC(N)=O)C(=O)N[C@H](C(=O)N1CCC[C@H]1C(=O)N[C@@H](CCC(N)=O)C(=O)N[C@@H](CS)C(=O)N[C@@H](Cc1ccc(O)cc1)C(=O)N[C@@H](Cc1c[nH]c2ccccc12)C(=O)N[C@@H](CCC(C)C)C(=O)N[C@@H](CCC(=O)O)C(=O)N[C@@H](CC(N)=O)C(=O)NCC(N)=O)[C@@H](C)O. The summed E-state index contributed by atoms with van der Waals surface area (Å²) in [6, 6.07) is -5.34. The molecule has 1 saturated heterocycles. The van der Waals surface area contributed by atoms with Gasteiger partial charge in [0.1, 0.15) is 72.2 Å². The Bertz CT molecular complexity index is 3620. The molecule has 0 bridgehead atoms. The molecule has 2 heterocycles. The summed E-state index contributed by atoms with van der Waals surface area (Å²) in [6.07, 6.45) is -4.46. The number of nitrogens with zero attached hydrogens (tertiary/aromatic N) is 1. The van der Waals surface area contributed by atoms with E-state index >= 15 is 4.79 Å². The van der Waals surface area contributed by atoms with Crippen LogP contribution in [0.2, 0.25) is 0 Å². The number of nitrogens with two attached hydrogens (primary N) is 4. The number of carboxylic acid groups (broad SMARTS) is 1. The number of hydrogen-bond donors (Lipinski definition) is 21. The fourth-order valence-electron chi connectivity index (χ4n) is 10.9. The number of thiol groups is 2. The number of aromatic nitrogens is 1. The first-order valence-corrected chi connectivity index (χ1v) is 34.4. The summed E-state index contributed by atoms with van der Waals surface area (Å²) in [7, 11) is 0. The number of phenolic OH excluding ortho intramolecular Hbond substituents is 1. The number of carboxylic acids is 1. The summed E-state index contributed by atoms with van der Waals surface area (Å²) in [5.41, 5.74) is 22.7. The van der Waals surface area contributed by atoms with Gasteiger partial charge in [0.2, 0.25) is 94.5 Å². The van der Waals surface area contributed by atoms with Crippen LogP contribution in [-0.2, 0) is 94.3 Å². The van der Waals surface area contributed by atoms with Gasteiger partial charge in [-0.1, -0.05) is 44.2 Å². The van der Waals surface area contributed by atoms with Crippen molar-refractivity contribution in [2.45, 2.75) is 184 Å². The van der Waals surface area contributed by atoms with Crippen molar-refractivity contribution in [2.75, 3.05) is 24.6 Å². The predicted octanol–water partition coefficient (Wildman–Crippen LogP) is -5.93. The lowest BCUT2D eigenvalue weighted by molar-refractivity contribution is -0.145. The fourth-order valence-corrected chi connectivity index (χ4v) is 11.4. The summed E-state index contributed by atoms with van der Waals surface area (Å²) in [4.78, 5) is 231. The first kappa shape index (κ1) is 85.8. The molecule has 16 amide bonds. The molecule has 570 valence electrons. The van der Waals surface area contributed by atoms with E-state index in [1.54, 1.807) is 44.3 Å². The number of hydrogen-bond acceptors (Lipinski definition) is 21. The average molecular weight is 1500 g/mol. The number of benzene rings is 2. The predicted molar refractivity (Wildman–Crippen MR) is 377 cm³/mol. The van der Waals surface area contributed by atoms with Crippen molar-refractivity contribution in [1.82, 2.24) is 68.4 Å². The van der Waals surface area contributed by atoms with Gasteiger partial charge in [-0.05, 0) is 87.1 Å². The molecule has 2 aromatic carbocycles. The Hall–Kier alpha value is -10.6. The van der Waals surface area contributed by atoms with E-state index in [2.05, 4.69) is 88.7 Å². The van der Waals surface area contributed by atoms with Gasteiger partial charge in [0.15, 0.2) is 0 Å². The minimum Gasteiger partial charge on any atom is -0.508 e. The molecule has 1 aliphatic heterocycles. The number of aliphatic hydroxyl groups excluding tert-OH is 1. The number of aliphatic hydroxyl groups is 1. The smallest absolute Gasteiger partial charge is 0.303 e. The second-order valence-electron chi connectivity index (χ2n) is 25.2. The number of H-pyrrole nitrogens is 1. The number of aromatic amines is 1. The van der Waals surface area contributed by atoms with Gasteiger partial charge in [-0.15, -0.1) is 0 Å². The van der Waals surface area contributed by atoms with Crippen LogP contribution in [-0.4, -0.2) is 223 Å². The molecule has 1 fully saturated rings. The lowest BCUT2D eigenvalue weighted by Crippen LogP contribution is -2.62. The van der Waals surface area contributed by atoms with Crippen molar-refractivity contribution >= 4 is 137 Å². The molecule has 0 radical (unpaired) electrons. The van der Waals surface area contributed by atoms with Gasteiger partial charge in [-0.2, -0.15) is 25.3 Å². The van der Waals surface area contributed by atoms with E-state index in [9.17, 15) is 92.0 Å². The number of aromatic hydroxyl groups is 1. The van der Waals surface area contributed by atoms with Crippen LogP contribution in [0.1, 0.15) is 109 Å². The molecule has 0 saturated carbocycles. The van der Waals surface area contributed by atoms with Crippen LogP contribution in [0.5, 0.6) is 5.75 Å². The topological polar surface area (TPSA) is 606 Å². The summed E-state index contributed by atoms with van der Waals surface area (Å²) in [6.45, 7) is 5.05. The van der Waals surface area contributed by atoms with E-state index < -0.39 is 230 Å². The highest BCUT2D eigenvalue weighted by Gasteiger charge is 2.42. The molecule has 23 N–H and O–H groups in total. The summed E-state index contributed by atoms with van der Waals surface area (Å²) < 4.78 is 0. The van der Waals surface area contributed by atoms with Crippen molar-refractivity contribution in [2.24, 2.45) is 28.9 Å². The van der Waals surface area contributed by atoms with Crippen molar-refractivity contribution in [1.29, 1.82) is 0 Å². The Morgan fingerprint density at radius 2 is 0.990 bits per heavy atom. The molecule has 1 aliphatic rings. The van der Waals surface area contributed by atoms with Crippen LogP contribution in [0, 0.1) is 5.92 Å². The van der Waals surface area contributed by atoms with E-state index in [1.165, 1.54) is 24.3 Å². The van der Waals surface area contributed by atoms with E-state index in [4.69, 9.17) is 22.9 Å². The lowest BCUT2D eigenvalue weighted by atomic mass is 9.99. The van der Waals surface area contributed by atoms with Crippen molar-refractivity contribution in [3.8, 4) is 5.75 Å². The second kappa shape index (κ2) is 42.1. The van der Waals surface area contributed by atoms with Crippen LogP contribution in [0.3, 0.4) is 0 Å². The minimum atomic E-state index is -1.79. The number of rotatable bonds is 44. The maximum Gasteiger partial charge on any atom is 0.303 e. The van der Waals surface area contributed by atoms with Crippen LogP contribution in [0.15, 0.2) is 54.7 Å². The van der Waals surface area contributed by atoms with Crippen molar-refractivity contribution < 1.29 is 96.8 Å². The number of primary amides is 4. The first-order chi connectivity index (χ1) is 49.0. The van der Waals surface area contributed by atoms with E-state index in [0.29, 0.717) is 22.0 Å².